The van der Waals surface area contributed by atoms with Crippen LogP contribution < -0.4 is 16.0 Å². The lowest BCUT2D eigenvalue weighted by atomic mass is 10.2. The Bertz CT molecular complexity index is 1130. The van der Waals surface area contributed by atoms with E-state index in [2.05, 4.69) is 20.9 Å². The molecule has 2 aliphatic rings. The van der Waals surface area contributed by atoms with Gasteiger partial charge in [0.25, 0.3) is 0 Å². The summed E-state index contributed by atoms with van der Waals surface area (Å²) in [6.45, 7) is 0.192. The van der Waals surface area contributed by atoms with Gasteiger partial charge in [-0.3, -0.25) is 9.59 Å². The van der Waals surface area contributed by atoms with Crippen LogP contribution in [-0.2, 0) is 30.5 Å². The minimum Gasteiger partial charge on any atom is -0.480 e. The zero-order valence-electron chi connectivity index (χ0n) is 21.5. The first kappa shape index (κ1) is 27.8. The van der Waals surface area contributed by atoms with Crippen molar-refractivity contribution in [2.24, 2.45) is 5.92 Å². The van der Waals surface area contributed by atoms with Crippen molar-refractivity contribution >= 4 is 29.7 Å². The van der Waals surface area contributed by atoms with Crippen molar-refractivity contribution < 1.29 is 33.8 Å². The molecule has 3 amide bonds. The van der Waals surface area contributed by atoms with Crippen LogP contribution in [0, 0.1) is 5.92 Å². The lowest BCUT2D eigenvalue weighted by molar-refractivity contribution is -0.142. The van der Waals surface area contributed by atoms with Gasteiger partial charge in [-0.2, -0.15) is 0 Å². The molecule has 2 heterocycles. The number of likely N-dealkylation sites (tertiary alicyclic amines) is 1. The molecule has 3 atom stereocenters. The number of rotatable bonds is 13. The van der Waals surface area contributed by atoms with Crippen LogP contribution >= 0.6 is 0 Å². The molecule has 39 heavy (non-hydrogen) atoms. The third kappa shape index (κ3) is 8.67. The first-order chi connectivity index (χ1) is 18.9. The predicted molar refractivity (Wildman–Crippen MR) is 140 cm³/mol. The van der Waals surface area contributed by atoms with Gasteiger partial charge in [-0.1, -0.05) is 36.4 Å². The molecule has 208 valence electrons. The average Bonchev–Trinajstić information content (AvgIpc) is 3.72. The number of ether oxygens (including phenoxy) is 2. The summed E-state index contributed by atoms with van der Waals surface area (Å²) in [4.78, 5) is 54.5. The van der Waals surface area contributed by atoms with E-state index < -0.39 is 30.1 Å². The number of carboxylic acids is 1. The molecule has 1 saturated heterocycles. The van der Waals surface area contributed by atoms with E-state index in [0.717, 1.165) is 18.4 Å². The molecule has 2 fully saturated rings. The molecule has 12 heteroatoms. The van der Waals surface area contributed by atoms with Crippen molar-refractivity contribution in [1.82, 2.24) is 20.5 Å². The lowest BCUT2D eigenvalue weighted by Crippen LogP contribution is -2.49. The quantitative estimate of drug-likeness (QED) is 0.295. The van der Waals surface area contributed by atoms with Crippen molar-refractivity contribution in [2.75, 3.05) is 31.6 Å². The van der Waals surface area contributed by atoms with Crippen LogP contribution in [0.1, 0.15) is 24.8 Å². The largest absolute Gasteiger partial charge is 0.480 e. The summed E-state index contributed by atoms with van der Waals surface area (Å²) in [5.74, 6) is -1.54. The van der Waals surface area contributed by atoms with Crippen LogP contribution in [-0.4, -0.2) is 83.3 Å². The van der Waals surface area contributed by atoms with Crippen LogP contribution in [0.15, 0.2) is 54.7 Å². The van der Waals surface area contributed by atoms with Crippen LogP contribution in [0.2, 0.25) is 0 Å². The maximum atomic E-state index is 12.9. The van der Waals surface area contributed by atoms with Gasteiger partial charge in [0, 0.05) is 25.2 Å². The van der Waals surface area contributed by atoms with Gasteiger partial charge in [0.15, 0.2) is 0 Å². The number of benzene rings is 1. The molecule has 1 aliphatic carbocycles. The molecule has 4 N–H and O–H groups in total. The van der Waals surface area contributed by atoms with E-state index in [-0.39, 0.29) is 44.2 Å². The highest BCUT2D eigenvalue weighted by Gasteiger charge is 2.37. The molecule has 0 unspecified atom stereocenters. The van der Waals surface area contributed by atoms with Gasteiger partial charge in [0.2, 0.25) is 11.8 Å². The fourth-order valence-corrected chi connectivity index (χ4v) is 4.20. The molecule has 4 rings (SSSR count). The van der Waals surface area contributed by atoms with Crippen molar-refractivity contribution in [1.29, 1.82) is 0 Å². The first-order valence-electron chi connectivity index (χ1n) is 12.9. The Morgan fingerprint density at radius 2 is 1.85 bits per heavy atom. The van der Waals surface area contributed by atoms with Crippen LogP contribution in [0.4, 0.5) is 10.6 Å². The summed E-state index contributed by atoms with van der Waals surface area (Å²) < 4.78 is 11.3. The molecule has 1 aromatic carbocycles. The second kappa shape index (κ2) is 13.6. The van der Waals surface area contributed by atoms with E-state index >= 15 is 0 Å². The summed E-state index contributed by atoms with van der Waals surface area (Å²) >= 11 is 0. The number of pyridine rings is 1. The van der Waals surface area contributed by atoms with Crippen molar-refractivity contribution in [3.05, 3.63) is 60.3 Å². The Morgan fingerprint density at radius 3 is 2.54 bits per heavy atom. The second-order valence-electron chi connectivity index (χ2n) is 9.59. The molecular formula is C27H33N5O7. The van der Waals surface area contributed by atoms with Crippen molar-refractivity contribution in [3.8, 4) is 0 Å². The Labute approximate surface area is 226 Å². The summed E-state index contributed by atoms with van der Waals surface area (Å²) in [6.07, 6.45) is 2.70. The minimum atomic E-state index is -1.23. The number of aromatic nitrogens is 1. The van der Waals surface area contributed by atoms with E-state index in [1.54, 1.807) is 11.1 Å². The maximum Gasteiger partial charge on any atom is 0.410 e. The third-order valence-corrected chi connectivity index (χ3v) is 6.52. The normalized spacial score (nSPS) is 19.1. The monoisotopic (exact) mass is 539 g/mol. The third-order valence-electron chi connectivity index (χ3n) is 6.52. The van der Waals surface area contributed by atoms with E-state index in [9.17, 15) is 24.3 Å². The number of carbonyl (C=O) groups is 4. The van der Waals surface area contributed by atoms with Crippen LogP contribution in [0.25, 0.3) is 0 Å². The molecule has 0 radical (unpaired) electrons. The number of carbonyl (C=O) groups excluding carboxylic acids is 3. The maximum absolute atomic E-state index is 12.9. The number of carboxylic acid groups (broad SMARTS) is 1. The van der Waals surface area contributed by atoms with E-state index in [0.29, 0.717) is 18.8 Å². The van der Waals surface area contributed by atoms with Gasteiger partial charge >= 0.3 is 12.1 Å². The SMILES string of the molecule is O=C(CO[C@@H]1C[C@@H](CNc2ccccn2)N(C(=O)OCc2ccccc2)C1)NC[C@H](NC(=O)C1CC1)C(=O)O. The molecule has 1 aromatic heterocycles. The number of nitrogens with one attached hydrogen (secondary N) is 3. The van der Waals surface area contributed by atoms with E-state index in [1.807, 2.05) is 48.5 Å². The topological polar surface area (TPSA) is 159 Å². The molecule has 0 spiro atoms. The van der Waals surface area contributed by atoms with Crippen molar-refractivity contribution in [2.45, 2.75) is 44.1 Å². The summed E-state index contributed by atoms with van der Waals surface area (Å²) in [5.41, 5.74) is 0.866. The minimum absolute atomic E-state index is 0.131. The zero-order valence-corrected chi connectivity index (χ0v) is 21.5. The average molecular weight is 540 g/mol. The number of hydrogen-bond acceptors (Lipinski definition) is 8. The van der Waals surface area contributed by atoms with E-state index in [4.69, 9.17) is 9.47 Å². The number of amides is 3. The predicted octanol–water partition coefficient (Wildman–Crippen LogP) is 1.39. The van der Waals surface area contributed by atoms with Gasteiger partial charge in [-0.05, 0) is 37.0 Å². The van der Waals surface area contributed by atoms with Gasteiger partial charge in [-0.15, -0.1) is 0 Å². The fourth-order valence-electron chi connectivity index (χ4n) is 4.20. The van der Waals surface area contributed by atoms with Crippen LogP contribution in [0.5, 0.6) is 0 Å². The zero-order chi connectivity index (χ0) is 27.6. The fraction of sp³-hybridized carbons (Fsp3) is 0.444. The molecule has 12 nitrogen and oxygen atoms in total. The summed E-state index contributed by atoms with van der Waals surface area (Å²) in [6, 6.07) is 13.4. The lowest BCUT2D eigenvalue weighted by Gasteiger charge is -2.24. The summed E-state index contributed by atoms with van der Waals surface area (Å²) in [7, 11) is 0. The highest BCUT2D eigenvalue weighted by molar-refractivity contribution is 5.87. The molecule has 2 aromatic rings. The molecule has 1 saturated carbocycles. The molecular weight excluding hydrogens is 506 g/mol. The highest BCUT2D eigenvalue weighted by atomic mass is 16.6. The van der Waals surface area contributed by atoms with Crippen molar-refractivity contribution in [3.63, 3.8) is 0 Å². The standard InChI is InChI=1S/C27H33N5O7/c33-24(30-14-22(26(35)36)31-25(34)19-9-10-19)17-38-21-12-20(13-29-23-8-4-5-11-28-23)32(15-21)27(37)39-16-18-6-2-1-3-7-18/h1-8,11,19-22H,9-10,12-17H2,(H,28,29)(H,30,33)(H,31,34)(H,35,36)/t20-,21+,22-/m0/s1. The highest BCUT2D eigenvalue weighted by Crippen LogP contribution is 2.28. The second-order valence-corrected chi connectivity index (χ2v) is 9.59. The smallest absolute Gasteiger partial charge is 0.410 e. The molecule has 0 bridgehead atoms. The van der Waals surface area contributed by atoms with Gasteiger partial charge in [0.05, 0.1) is 18.7 Å². The summed E-state index contributed by atoms with van der Waals surface area (Å²) in [5, 5.41) is 17.5. The number of hydrogen-bond donors (Lipinski definition) is 4. The number of anilines is 1. The Balaban J connectivity index is 1.27. The Morgan fingerprint density at radius 1 is 1.08 bits per heavy atom. The Kier molecular flexibility index (Phi) is 9.68. The van der Waals surface area contributed by atoms with Gasteiger partial charge in [-0.25, -0.2) is 14.6 Å². The number of aliphatic carboxylic acids is 1. The number of nitrogens with zero attached hydrogens (tertiary/aromatic N) is 2. The van der Waals surface area contributed by atoms with Gasteiger partial charge in [0.1, 0.15) is 25.1 Å². The van der Waals surface area contributed by atoms with Crippen LogP contribution in [0.3, 0.4) is 0 Å². The molecule has 1 aliphatic heterocycles. The first-order valence-corrected chi connectivity index (χ1v) is 12.9. The Hall–Kier alpha value is -4.19. The van der Waals surface area contributed by atoms with Gasteiger partial charge < -0.3 is 35.4 Å². The van der Waals surface area contributed by atoms with E-state index in [1.165, 1.54) is 0 Å².